The highest BCUT2D eigenvalue weighted by Gasteiger charge is 2.22. The van der Waals surface area contributed by atoms with Crippen molar-refractivity contribution in [3.8, 4) is 0 Å². The fourth-order valence-corrected chi connectivity index (χ4v) is 3.59. The molecule has 10 nitrogen and oxygen atoms in total. The second-order valence-electron chi connectivity index (χ2n) is 7.85. The third-order valence-corrected chi connectivity index (χ3v) is 5.46. The van der Waals surface area contributed by atoms with Gasteiger partial charge < -0.3 is 20.4 Å². The van der Waals surface area contributed by atoms with Crippen molar-refractivity contribution in [3.63, 3.8) is 0 Å². The molecule has 0 saturated carbocycles. The number of rotatable bonds is 11. The molecule has 0 unspecified atom stereocenters. The predicted octanol–water partition coefficient (Wildman–Crippen LogP) is 2.19. The Hall–Kier alpha value is -4.28. The summed E-state index contributed by atoms with van der Waals surface area (Å²) in [5.74, 6) is -2.72. The first kappa shape index (κ1) is 25.3. The molecular weight excluding hydrogens is 459 g/mol. The average Bonchev–Trinajstić information content (AvgIpc) is 2.83. The number of carboxylic acids is 2. The number of amides is 1. The van der Waals surface area contributed by atoms with Gasteiger partial charge in [-0.3, -0.25) is 19.0 Å². The highest BCUT2D eigenvalue weighted by Crippen LogP contribution is 2.17. The lowest BCUT2D eigenvalue weighted by atomic mass is 10.1. The van der Waals surface area contributed by atoms with Crippen LogP contribution in [0.3, 0.4) is 0 Å². The van der Waals surface area contributed by atoms with Gasteiger partial charge >= 0.3 is 11.9 Å². The SMILES string of the molecule is Cc1nc2ccccc2c(=O)n1CN(CCF)c1ccc(C(=O)N[C@@H](CCC(=O)O)C(=O)O)cc1. The van der Waals surface area contributed by atoms with Gasteiger partial charge in [-0.1, -0.05) is 12.1 Å². The summed E-state index contributed by atoms with van der Waals surface area (Å²) in [7, 11) is 0. The second kappa shape index (κ2) is 11.2. The van der Waals surface area contributed by atoms with E-state index in [1.807, 2.05) is 0 Å². The van der Waals surface area contributed by atoms with Gasteiger partial charge in [-0.15, -0.1) is 0 Å². The number of carbonyl (C=O) groups is 3. The Bertz CT molecular complexity index is 1290. The van der Waals surface area contributed by atoms with Gasteiger partial charge in [-0.25, -0.2) is 14.2 Å². The normalized spacial score (nSPS) is 11.7. The Kier molecular flexibility index (Phi) is 8.13. The van der Waals surface area contributed by atoms with Gasteiger partial charge in [0.25, 0.3) is 11.5 Å². The zero-order valence-corrected chi connectivity index (χ0v) is 19.0. The standard InChI is InChI=1S/C24H25FN4O6/c1-15-26-19-5-3-2-4-18(19)23(33)29(15)14-28(13-12-25)17-8-6-16(7-9-17)22(32)27-20(24(34)35)10-11-21(30)31/h2-9,20H,10-14H2,1H3,(H,27,32)(H,30,31)(H,34,35)/t20-/m0/s1. The third kappa shape index (κ3) is 6.19. The number of para-hydroxylation sites is 1. The van der Waals surface area contributed by atoms with E-state index in [9.17, 15) is 28.7 Å². The van der Waals surface area contributed by atoms with E-state index in [0.717, 1.165) is 0 Å². The molecule has 0 fully saturated rings. The minimum atomic E-state index is -1.35. The second-order valence-corrected chi connectivity index (χ2v) is 7.85. The van der Waals surface area contributed by atoms with Crippen LogP contribution in [0.25, 0.3) is 10.9 Å². The number of hydrogen-bond donors (Lipinski definition) is 3. The van der Waals surface area contributed by atoms with Crippen LogP contribution in [0.15, 0.2) is 53.3 Å². The van der Waals surface area contributed by atoms with E-state index in [-0.39, 0.29) is 30.8 Å². The summed E-state index contributed by atoms with van der Waals surface area (Å²) in [5, 5.41) is 20.7. The van der Waals surface area contributed by atoms with Gasteiger partial charge in [-0.05, 0) is 49.7 Å². The predicted molar refractivity (Wildman–Crippen MR) is 126 cm³/mol. The molecule has 11 heteroatoms. The Balaban J connectivity index is 1.80. The van der Waals surface area contributed by atoms with E-state index in [1.165, 1.54) is 16.7 Å². The lowest BCUT2D eigenvalue weighted by Crippen LogP contribution is -2.41. The summed E-state index contributed by atoms with van der Waals surface area (Å²) in [5.41, 5.74) is 1.01. The van der Waals surface area contributed by atoms with Crippen LogP contribution in [0, 0.1) is 6.92 Å². The highest BCUT2D eigenvalue weighted by atomic mass is 19.1. The molecule has 0 aliphatic heterocycles. The van der Waals surface area contributed by atoms with E-state index < -0.39 is 37.0 Å². The van der Waals surface area contributed by atoms with E-state index in [2.05, 4.69) is 10.3 Å². The average molecular weight is 484 g/mol. The van der Waals surface area contributed by atoms with Gasteiger partial charge in [0.15, 0.2) is 0 Å². The van der Waals surface area contributed by atoms with Crippen LogP contribution in [-0.4, -0.2) is 56.9 Å². The van der Waals surface area contributed by atoms with Crippen molar-refractivity contribution < 1.29 is 29.0 Å². The number of nitrogens with one attached hydrogen (secondary N) is 1. The van der Waals surface area contributed by atoms with E-state index in [1.54, 1.807) is 48.2 Å². The van der Waals surface area contributed by atoms with Crippen molar-refractivity contribution in [2.75, 3.05) is 18.1 Å². The minimum Gasteiger partial charge on any atom is -0.481 e. The molecule has 35 heavy (non-hydrogen) atoms. The summed E-state index contributed by atoms with van der Waals surface area (Å²) in [4.78, 5) is 53.6. The maximum Gasteiger partial charge on any atom is 0.326 e. The molecular formula is C24H25FN4O6. The Labute approximate surface area is 199 Å². The number of hydrogen-bond acceptors (Lipinski definition) is 6. The third-order valence-electron chi connectivity index (χ3n) is 5.46. The van der Waals surface area contributed by atoms with Gasteiger partial charge in [0.05, 0.1) is 17.6 Å². The largest absolute Gasteiger partial charge is 0.481 e. The maximum absolute atomic E-state index is 13.3. The van der Waals surface area contributed by atoms with Crippen LogP contribution in [0.1, 0.15) is 29.0 Å². The number of anilines is 1. The molecule has 0 aliphatic rings. The summed E-state index contributed by atoms with van der Waals surface area (Å²) >= 11 is 0. The maximum atomic E-state index is 13.3. The van der Waals surface area contributed by atoms with Gasteiger partial charge in [0.1, 0.15) is 18.5 Å². The first-order valence-electron chi connectivity index (χ1n) is 10.8. The summed E-state index contributed by atoms with van der Waals surface area (Å²) < 4.78 is 14.8. The van der Waals surface area contributed by atoms with Crippen molar-refractivity contribution in [2.45, 2.75) is 32.5 Å². The number of carboxylic acid groups (broad SMARTS) is 2. The molecule has 0 aliphatic carbocycles. The number of nitrogens with zero attached hydrogens (tertiary/aromatic N) is 3. The van der Waals surface area contributed by atoms with Crippen LogP contribution in [0.4, 0.5) is 10.1 Å². The molecule has 3 N–H and O–H groups in total. The van der Waals surface area contributed by atoms with Crippen LogP contribution < -0.4 is 15.8 Å². The molecule has 3 rings (SSSR count). The zero-order chi connectivity index (χ0) is 25.5. The molecule has 0 radical (unpaired) electrons. The first-order chi connectivity index (χ1) is 16.7. The van der Waals surface area contributed by atoms with Crippen LogP contribution in [0.5, 0.6) is 0 Å². The summed E-state index contributed by atoms with van der Waals surface area (Å²) in [6, 6.07) is 11.6. The molecule has 1 atom stereocenters. The van der Waals surface area contributed by atoms with Crippen molar-refractivity contribution >= 4 is 34.4 Å². The van der Waals surface area contributed by atoms with Crippen LogP contribution in [0.2, 0.25) is 0 Å². The molecule has 184 valence electrons. The molecule has 2 aromatic carbocycles. The number of aliphatic carboxylic acids is 2. The molecule has 1 amide bonds. The van der Waals surface area contributed by atoms with Crippen molar-refractivity contribution in [3.05, 3.63) is 70.3 Å². The van der Waals surface area contributed by atoms with Gasteiger partial charge in [0.2, 0.25) is 0 Å². The van der Waals surface area contributed by atoms with E-state index in [4.69, 9.17) is 5.11 Å². The number of alkyl halides is 1. The van der Waals surface area contributed by atoms with Crippen molar-refractivity contribution in [1.29, 1.82) is 0 Å². The number of aromatic nitrogens is 2. The highest BCUT2D eigenvalue weighted by molar-refractivity contribution is 5.97. The molecule has 0 spiro atoms. The minimum absolute atomic E-state index is 0.0134. The Morgan fingerprint density at radius 3 is 2.43 bits per heavy atom. The smallest absolute Gasteiger partial charge is 0.326 e. The van der Waals surface area contributed by atoms with Crippen molar-refractivity contribution in [2.24, 2.45) is 0 Å². The number of carbonyl (C=O) groups excluding carboxylic acids is 1. The Morgan fingerprint density at radius 1 is 1.11 bits per heavy atom. The summed E-state index contributed by atoms with van der Waals surface area (Å²) in [6.07, 6.45) is -0.663. The number of fused-ring (bicyclic) bond motifs is 1. The van der Waals surface area contributed by atoms with Crippen LogP contribution >= 0.6 is 0 Å². The molecule has 0 saturated heterocycles. The topological polar surface area (TPSA) is 142 Å². The monoisotopic (exact) mass is 484 g/mol. The van der Waals surface area contributed by atoms with Crippen LogP contribution in [-0.2, 0) is 16.3 Å². The molecule has 1 aromatic heterocycles. The number of aryl methyl sites for hydroxylation is 1. The zero-order valence-electron chi connectivity index (χ0n) is 19.0. The molecule has 1 heterocycles. The van der Waals surface area contributed by atoms with E-state index >= 15 is 0 Å². The van der Waals surface area contributed by atoms with E-state index in [0.29, 0.717) is 22.4 Å². The quantitative estimate of drug-likeness (QED) is 0.376. The lowest BCUT2D eigenvalue weighted by Gasteiger charge is -2.25. The first-order valence-corrected chi connectivity index (χ1v) is 10.8. The fraction of sp³-hybridized carbons (Fsp3) is 0.292. The molecule has 3 aromatic rings. The van der Waals surface area contributed by atoms with Gasteiger partial charge in [-0.2, -0.15) is 0 Å². The number of benzene rings is 2. The summed E-state index contributed by atoms with van der Waals surface area (Å²) in [6.45, 7) is 1.04. The lowest BCUT2D eigenvalue weighted by molar-refractivity contribution is -0.140. The Morgan fingerprint density at radius 2 is 1.80 bits per heavy atom. The molecule has 0 bridgehead atoms. The fourth-order valence-electron chi connectivity index (χ4n) is 3.59. The van der Waals surface area contributed by atoms with Gasteiger partial charge in [0, 0.05) is 24.2 Å². The number of halogens is 1. The van der Waals surface area contributed by atoms with Crippen molar-refractivity contribution in [1.82, 2.24) is 14.9 Å².